The fraction of sp³-hybridized carbons (Fsp3) is 0.800. The number of carbonyl (C=O) groups excluding carboxylic acids is 3. The highest BCUT2D eigenvalue weighted by Crippen LogP contribution is 2.46. The molecule has 1 unspecified atom stereocenters. The van der Waals surface area contributed by atoms with Crippen LogP contribution in [-0.2, 0) is 24.2 Å². The summed E-state index contributed by atoms with van der Waals surface area (Å²) < 4.78 is 23.2. The number of amides is 3. The number of sulfone groups is 1. The lowest BCUT2D eigenvalue weighted by Crippen LogP contribution is -2.51. The predicted molar refractivity (Wildman–Crippen MR) is 82.1 cm³/mol. The molecule has 3 rings (SSSR count). The van der Waals surface area contributed by atoms with E-state index < -0.39 is 26.7 Å². The second-order valence-electron chi connectivity index (χ2n) is 7.40. The molecule has 2 heterocycles. The van der Waals surface area contributed by atoms with Gasteiger partial charge < -0.3 is 5.32 Å². The number of rotatable bonds is 3. The van der Waals surface area contributed by atoms with E-state index in [1.165, 1.54) is 0 Å². The van der Waals surface area contributed by atoms with Gasteiger partial charge in [-0.2, -0.15) is 0 Å². The lowest BCUT2D eigenvalue weighted by atomic mass is 9.84. The molecule has 128 valence electrons. The number of nitrogens with zero attached hydrogens (tertiary/aromatic N) is 1. The lowest BCUT2D eigenvalue weighted by molar-refractivity contribution is -0.145. The molecule has 1 atom stereocenters. The summed E-state index contributed by atoms with van der Waals surface area (Å²) in [5.41, 5.74) is -1.40. The first-order valence-corrected chi connectivity index (χ1v) is 9.83. The highest BCUT2D eigenvalue weighted by Gasteiger charge is 2.53. The van der Waals surface area contributed by atoms with Crippen LogP contribution in [0.2, 0.25) is 0 Å². The largest absolute Gasteiger partial charge is 0.348 e. The molecule has 3 amide bonds. The molecule has 2 saturated heterocycles. The number of likely N-dealkylation sites (tertiary alicyclic amines) is 1. The SMILES string of the molecule is CC1(NC(=O)CN2C(=O)CC3(CCCC3)C2=O)CCS(=O)(=O)C1. The maximum absolute atomic E-state index is 12.5. The van der Waals surface area contributed by atoms with Crippen molar-refractivity contribution in [3.8, 4) is 0 Å². The Morgan fingerprint density at radius 1 is 1.22 bits per heavy atom. The average molecular weight is 342 g/mol. The van der Waals surface area contributed by atoms with Crippen LogP contribution >= 0.6 is 0 Å². The minimum atomic E-state index is -3.13. The molecule has 0 bridgehead atoms. The molecule has 0 aromatic rings. The summed E-state index contributed by atoms with van der Waals surface area (Å²) in [4.78, 5) is 37.9. The van der Waals surface area contributed by atoms with Crippen LogP contribution < -0.4 is 5.32 Å². The van der Waals surface area contributed by atoms with Gasteiger partial charge in [0.25, 0.3) is 0 Å². The number of hydrogen-bond donors (Lipinski definition) is 1. The Hall–Kier alpha value is -1.44. The monoisotopic (exact) mass is 342 g/mol. The van der Waals surface area contributed by atoms with E-state index in [1.807, 2.05) is 0 Å². The summed E-state index contributed by atoms with van der Waals surface area (Å²) in [6.07, 6.45) is 3.86. The zero-order valence-corrected chi connectivity index (χ0v) is 14.1. The molecule has 7 nitrogen and oxygen atoms in total. The highest BCUT2D eigenvalue weighted by molar-refractivity contribution is 7.91. The second-order valence-corrected chi connectivity index (χ2v) is 9.58. The molecule has 1 aliphatic carbocycles. The second kappa shape index (κ2) is 5.29. The van der Waals surface area contributed by atoms with Gasteiger partial charge in [-0.3, -0.25) is 19.3 Å². The van der Waals surface area contributed by atoms with E-state index in [0.29, 0.717) is 19.3 Å². The van der Waals surface area contributed by atoms with Gasteiger partial charge in [-0.05, 0) is 26.2 Å². The fourth-order valence-electron chi connectivity index (χ4n) is 4.09. The standard InChI is InChI=1S/C15H22N2O5S/c1-14(6-7-23(21,22)10-14)16-11(18)9-17-12(19)8-15(13(17)20)4-2-3-5-15/h2-10H2,1H3,(H,16,18). The topological polar surface area (TPSA) is 101 Å². The molecule has 23 heavy (non-hydrogen) atoms. The van der Waals surface area contributed by atoms with Crippen LogP contribution in [-0.4, -0.2) is 54.6 Å². The van der Waals surface area contributed by atoms with Crippen molar-refractivity contribution in [1.29, 1.82) is 0 Å². The first-order valence-electron chi connectivity index (χ1n) is 8.01. The van der Waals surface area contributed by atoms with Crippen molar-refractivity contribution in [3.63, 3.8) is 0 Å². The minimum absolute atomic E-state index is 0.0501. The summed E-state index contributed by atoms with van der Waals surface area (Å²) in [5, 5.41) is 2.69. The van der Waals surface area contributed by atoms with E-state index in [4.69, 9.17) is 0 Å². The third-order valence-corrected chi connectivity index (χ3v) is 7.20. The number of carbonyl (C=O) groups is 3. The molecule has 1 spiro atoms. The predicted octanol–water partition coefficient (Wildman–Crippen LogP) is -0.000900. The van der Waals surface area contributed by atoms with Gasteiger partial charge in [0.2, 0.25) is 17.7 Å². The molecule has 1 saturated carbocycles. The van der Waals surface area contributed by atoms with Crippen molar-refractivity contribution in [2.24, 2.45) is 5.41 Å². The summed E-state index contributed by atoms with van der Waals surface area (Å²) in [6.45, 7) is 1.37. The van der Waals surface area contributed by atoms with Gasteiger partial charge in [0, 0.05) is 6.42 Å². The van der Waals surface area contributed by atoms with Gasteiger partial charge in [0.05, 0.1) is 22.5 Å². The Morgan fingerprint density at radius 2 is 1.87 bits per heavy atom. The van der Waals surface area contributed by atoms with E-state index in [9.17, 15) is 22.8 Å². The zero-order chi connectivity index (χ0) is 16.9. The highest BCUT2D eigenvalue weighted by atomic mass is 32.2. The smallest absolute Gasteiger partial charge is 0.240 e. The van der Waals surface area contributed by atoms with Crippen molar-refractivity contribution in [2.75, 3.05) is 18.1 Å². The van der Waals surface area contributed by atoms with Gasteiger partial charge in [-0.25, -0.2) is 8.42 Å². The van der Waals surface area contributed by atoms with Crippen LogP contribution in [0.25, 0.3) is 0 Å². The molecule has 3 aliphatic rings. The summed E-state index contributed by atoms with van der Waals surface area (Å²) in [7, 11) is -3.13. The molecule has 3 fully saturated rings. The van der Waals surface area contributed by atoms with E-state index in [1.54, 1.807) is 6.92 Å². The molecular formula is C15H22N2O5S. The first-order chi connectivity index (χ1) is 10.6. The third kappa shape index (κ3) is 3.00. The van der Waals surface area contributed by atoms with E-state index in [0.717, 1.165) is 17.7 Å². The molecular weight excluding hydrogens is 320 g/mol. The fourth-order valence-corrected chi connectivity index (χ4v) is 6.18. The first kappa shape index (κ1) is 16.4. The van der Waals surface area contributed by atoms with Crippen LogP contribution in [0.4, 0.5) is 0 Å². The maximum Gasteiger partial charge on any atom is 0.240 e. The molecule has 1 N–H and O–H groups in total. The Labute approximate surface area is 135 Å². The zero-order valence-electron chi connectivity index (χ0n) is 13.3. The molecule has 2 aliphatic heterocycles. The van der Waals surface area contributed by atoms with Crippen molar-refractivity contribution < 1.29 is 22.8 Å². The molecule has 8 heteroatoms. The average Bonchev–Trinajstić information content (AvgIpc) is 3.06. The Balaban J connectivity index is 1.64. The van der Waals surface area contributed by atoms with E-state index in [-0.39, 0.29) is 36.3 Å². The third-order valence-electron chi connectivity index (χ3n) is 5.30. The van der Waals surface area contributed by atoms with Crippen molar-refractivity contribution in [1.82, 2.24) is 10.2 Å². The number of hydrogen-bond acceptors (Lipinski definition) is 5. The maximum atomic E-state index is 12.5. The number of nitrogens with one attached hydrogen (secondary N) is 1. The summed E-state index contributed by atoms with van der Waals surface area (Å²) >= 11 is 0. The van der Waals surface area contributed by atoms with Crippen LogP contribution in [0.3, 0.4) is 0 Å². The van der Waals surface area contributed by atoms with Crippen molar-refractivity contribution in [3.05, 3.63) is 0 Å². The molecule has 0 radical (unpaired) electrons. The van der Waals surface area contributed by atoms with Crippen molar-refractivity contribution >= 4 is 27.6 Å². The Kier molecular flexibility index (Phi) is 3.78. The Bertz CT molecular complexity index is 665. The van der Waals surface area contributed by atoms with Crippen molar-refractivity contribution in [2.45, 2.75) is 51.0 Å². The minimum Gasteiger partial charge on any atom is -0.348 e. The normalized spacial score (nSPS) is 32.0. The quantitative estimate of drug-likeness (QED) is 0.728. The van der Waals surface area contributed by atoms with Gasteiger partial charge in [0.1, 0.15) is 6.54 Å². The van der Waals surface area contributed by atoms with Gasteiger partial charge in [-0.15, -0.1) is 0 Å². The lowest BCUT2D eigenvalue weighted by Gasteiger charge is -2.26. The summed E-state index contributed by atoms with van der Waals surface area (Å²) in [5.74, 6) is -1.05. The summed E-state index contributed by atoms with van der Waals surface area (Å²) in [6, 6.07) is 0. The van der Waals surface area contributed by atoms with Crippen LogP contribution in [0.5, 0.6) is 0 Å². The van der Waals surface area contributed by atoms with E-state index >= 15 is 0 Å². The van der Waals surface area contributed by atoms with Crippen LogP contribution in [0, 0.1) is 5.41 Å². The van der Waals surface area contributed by atoms with Gasteiger partial charge in [0.15, 0.2) is 9.84 Å². The molecule has 0 aromatic heterocycles. The van der Waals surface area contributed by atoms with Gasteiger partial charge in [-0.1, -0.05) is 12.8 Å². The number of imide groups is 1. The van der Waals surface area contributed by atoms with Crippen LogP contribution in [0.15, 0.2) is 0 Å². The van der Waals surface area contributed by atoms with Crippen LogP contribution in [0.1, 0.15) is 45.4 Å². The van der Waals surface area contributed by atoms with Gasteiger partial charge >= 0.3 is 0 Å². The van der Waals surface area contributed by atoms with E-state index in [2.05, 4.69) is 5.32 Å². The molecule has 0 aromatic carbocycles. The Morgan fingerprint density at radius 3 is 2.43 bits per heavy atom.